The number of hydrogen-bond donors (Lipinski definition) is 0. The van der Waals surface area contributed by atoms with Crippen molar-refractivity contribution in [2.45, 2.75) is 31.8 Å². The second-order valence-electron chi connectivity index (χ2n) is 9.27. The van der Waals surface area contributed by atoms with Crippen LogP contribution in [0.5, 0.6) is 0 Å². The minimum Gasteiger partial charge on any atom is -0.307 e. The van der Waals surface area contributed by atoms with Crippen LogP contribution < -0.4 is 0 Å². The monoisotopic (exact) mass is 489 g/mol. The SMILES string of the molecule is Cn1c([C@@H]2CCS(=O)(=O)C2)nn(CN2CCC(CN3C(=O)c4ccccc4C3=O)CC2)c1=S. The summed E-state index contributed by atoms with van der Waals surface area (Å²) < 4.78 is 27.9. The van der Waals surface area contributed by atoms with Gasteiger partial charge in [-0.3, -0.25) is 19.4 Å². The van der Waals surface area contributed by atoms with Gasteiger partial charge in [0.1, 0.15) is 5.82 Å². The Balaban J connectivity index is 1.19. The van der Waals surface area contributed by atoms with Crippen LogP contribution in [0, 0.1) is 10.7 Å². The quantitative estimate of drug-likeness (QED) is 0.467. The molecule has 0 bridgehead atoms. The summed E-state index contributed by atoms with van der Waals surface area (Å²) in [6, 6.07) is 6.99. The molecule has 1 aromatic carbocycles. The molecule has 1 atom stereocenters. The van der Waals surface area contributed by atoms with Gasteiger partial charge >= 0.3 is 0 Å². The summed E-state index contributed by atoms with van der Waals surface area (Å²) in [6.07, 6.45) is 2.34. The van der Waals surface area contributed by atoms with Gasteiger partial charge in [-0.1, -0.05) is 12.1 Å². The minimum atomic E-state index is -2.99. The van der Waals surface area contributed by atoms with Crippen LogP contribution in [0.2, 0.25) is 0 Å². The Morgan fingerprint density at radius 1 is 1.06 bits per heavy atom. The second-order valence-corrected chi connectivity index (χ2v) is 11.9. The lowest BCUT2D eigenvalue weighted by molar-refractivity contribution is 0.0585. The van der Waals surface area contributed by atoms with Gasteiger partial charge in [0.25, 0.3) is 11.8 Å². The number of sulfone groups is 1. The van der Waals surface area contributed by atoms with E-state index in [0.717, 1.165) is 31.8 Å². The zero-order valence-electron chi connectivity index (χ0n) is 18.5. The molecule has 2 amide bonds. The van der Waals surface area contributed by atoms with E-state index in [9.17, 15) is 18.0 Å². The first-order valence-electron chi connectivity index (χ1n) is 11.3. The highest BCUT2D eigenvalue weighted by Crippen LogP contribution is 2.29. The third kappa shape index (κ3) is 4.17. The van der Waals surface area contributed by atoms with Gasteiger partial charge in [0, 0.05) is 32.6 Å². The van der Waals surface area contributed by atoms with Crippen molar-refractivity contribution in [3.8, 4) is 0 Å². The van der Waals surface area contributed by atoms with Crippen LogP contribution in [-0.2, 0) is 23.6 Å². The highest BCUT2D eigenvalue weighted by molar-refractivity contribution is 7.91. The van der Waals surface area contributed by atoms with Crippen LogP contribution in [0.1, 0.15) is 51.7 Å². The van der Waals surface area contributed by atoms with Crippen molar-refractivity contribution < 1.29 is 18.0 Å². The number of carbonyl (C=O) groups excluding carboxylic acids is 2. The molecular weight excluding hydrogens is 462 g/mol. The molecule has 0 N–H and O–H groups in total. The van der Waals surface area contributed by atoms with Gasteiger partial charge in [-0.15, -0.1) is 0 Å². The van der Waals surface area contributed by atoms with E-state index >= 15 is 0 Å². The summed E-state index contributed by atoms with van der Waals surface area (Å²) >= 11 is 5.56. The lowest BCUT2D eigenvalue weighted by Gasteiger charge is -2.33. The van der Waals surface area contributed by atoms with Crippen LogP contribution in [-0.4, -0.2) is 75.5 Å². The first-order chi connectivity index (χ1) is 15.7. The Labute approximate surface area is 197 Å². The third-order valence-electron chi connectivity index (χ3n) is 7.03. The Hall–Kier alpha value is -2.37. The fourth-order valence-corrected chi connectivity index (χ4v) is 7.05. The molecule has 0 radical (unpaired) electrons. The second kappa shape index (κ2) is 8.44. The van der Waals surface area contributed by atoms with Crippen LogP contribution in [0.25, 0.3) is 0 Å². The number of aromatic nitrogens is 3. The number of carbonyl (C=O) groups is 2. The summed E-state index contributed by atoms with van der Waals surface area (Å²) in [7, 11) is -1.14. The summed E-state index contributed by atoms with van der Waals surface area (Å²) in [5.41, 5.74) is 0.991. The van der Waals surface area contributed by atoms with E-state index in [1.165, 1.54) is 4.90 Å². The molecule has 176 valence electrons. The fraction of sp³-hybridized carbons (Fsp3) is 0.545. The number of hydrogen-bond acceptors (Lipinski definition) is 7. The van der Waals surface area contributed by atoms with Gasteiger partial charge in [-0.2, -0.15) is 5.10 Å². The summed E-state index contributed by atoms with van der Waals surface area (Å²) in [5.74, 6) is 0.848. The van der Waals surface area contributed by atoms with Gasteiger partial charge in [0.05, 0.1) is 29.3 Å². The average Bonchev–Trinajstić information content (AvgIpc) is 3.38. The highest BCUT2D eigenvalue weighted by Gasteiger charge is 2.37. The first-order valence-corrected chi connectivity index (χ1v) is 13.5. The maximum atomic E-state index is 12.6. The molecule has 1 aromatic heterocycles. The van der Waals surface area contributed by atoms with Crippen molar-refractivity contribution in [1.82, 2.24) is 24.1 Å². The number of likely N-dealkylation sites (tertiary alicyclic amines) is 1. The zero-order valence-corrected chi connectivity index (χ0v) is 20.1. The van der Waals surface area contributed by atoms with Crippen LogP contribution in [0.4, 0.5) is 0 Å². The van der Waals surface area contributed by atoms with Crippen LogP contribution >= 0.6 is 12.2 Å². The van der Waals surface area contributed by atoms with Crippen molar-refractivity contribution in [2.24, 2.45) is 13.0 Å². The Morgan fingerprint density at radius 2 is 1.70 bits per heavy atom. The molecule has 9 nitrogen and oxygen atoms in total. The fourth-order valence-electron chi connectivity index (χ4n) is 5.11. The van der Waals surface area contributed by atoms with Gasteiger partial charge in [-0.25, -0.2) is 13.1 Å². The van der Waals surface area contributed by atoms with Crippen molar-refractivity contribution >= 4 is 33.9 Å². The first kappa shape index (κ1) is 22.4. The highest BCUT2D eigenvalue weighted by atomic mass is 32.2. The lowest BCUT2D eigenvalue weighted by atomic mass is 9.96. The molecule has 11 heteroatoms. The summed E-state index contributed by atoms with van der Waals surface area (Å²) in [6.45, 7) is 2.63. The Morgan fingerprint density at radius 3 is 2.27 bits per heavy atom. The molecule has 3 aliphatic rings. The predicted octanol–water partition coefficient (Wildman–Crippen LogP) is 1.82. The molecule has 4 heterocycles. The number of benzene rings is 1. The van der Waals surface area contributed by atoms with E-state index in [1.54, 1.807) is 28.9 Å². The largest absolute Gasteiger partial charge is 0.307 e. The topological polar surface area (TPSA) is 97.5 Å². The van der Waals surface area contributed by atoms with E-state index < -0.39 is 9.84 Å². The van der Waals surface area contributed by atoms with Crippen molar-refractivity contribution in [1.29, 1.82) is 0 Å². The maximum absolute atomic E-state index is 12.6. The van der Waals surface area contributed by atoms with E-state index in [-0.39, 0.29) is 35.2 Å². The van der Waals surface area contributed by atoms with Gasteiger partial charge in [0.15, 0.2) is 14.6 Å². The molecule has 33 heavy (non-hydrogen) atoms. The molecule has 5 rings (SSSR count). The standard InChI is InChI=1S/C22H27N5O4S2/c1-24-19(16-8-11-33(30,31)13-16)23-27(22(24)32)14-25-9-6-15(7-10-25)12-26-20(28)17-4-2-3-5-18(17)21(26)29/h2-5,15-16H,6-14H2,1H3/t16-/m1/s1. The number of amides is 2. The molecule has 0 unspecified atom stereocenters. The smallest absolute Gasteiger partial charge is 0.261 e. The number of piperidine rings is 1. The van der Waals surface area contributed by atoms with Gasteiger partial charge < -0.3 is 4.57 Å². The van der Waals surface area contributed by atoms with Crippen LogP contribution in [0.15, 0.2) is 24.3 Å². The van der Waals surface area contributed by atoms with Crippen molar-refractivity contribution in [3.63, 3.8) is 0 Å². The molecular formula is C22H27N5O4S2. The Bertz CT molecular complexity index is 1240. The molecule has 2 fully saturated rings. The van der Waals surface area contributed by atoms with Gasteiger partial charge in [-0.05, 0) is 49.5 Å². The molecule has 2 aromatic rings. The number of rotatable bonds is 5. The van der Waals surface area contributed by atoms with E-state index in [0.29, 0.717) is 35.5 Å². The van der Waals surface area contributed by atoms with Crippen molar-refractivity contribution in [2.75, 3.05) is 31.1 Å². The molecule has 0 saturated carbocycles. The van der Waals surface area contributed by atoms with E-state index in [2.05, 4.69) is 10.00 Å². The third-order valence-corrected chi connectivity index (χ3v) is 9.28. The number of nitrogens with zero attached hydrogens (tertiary/aromatic N) is 5. The summed E-state index contributed by atoms with van der Waals surface area (Å²) in [4.78, 5) is 28.9. The van der Waals surface area contributed by atoms with E-state index in [4.69, 9.17) is 12.2 Å². The lowest BCUT2D eigenvalue weighted by Crippen LogP contribution is -2.41. The van der Waals surface area contributed by atoms with E-state index in [1.807, 2.05) is 11.6 Å². The predicted molar refractivity (Wildman–Crippen MR) is 124 cm³/mol. The Kier molecular flexibility index (Phi) is 5.74. The molecule has 0 spiro atoms. The van der Waals surface area contributed by atoms with Crippen LogP contribution in [0.3, 0.4) is 0 Å². The molecule has 2 saturated heterocycles. The normalized spacial score (nSPS) is 23.4. The number of fused-ring (bicyclic) bond motifs is 1. The van der Waals surface area contributed by atoms with Crippen molar-refractivity contribution in [3.05, 3.63) is 46.0 Å². The molecule has 3 aliphatic heterocycles. The molecule has 0 aliphatic carbocycles. The zero-order chi connectivity index (χ0) is 23.3. The average molecular weight is 490 g/mol. The minimum absolute atomic E-state index is 0.103. The maximum Gasteiger partial charge on any atom is 0.261 e. The number of imide groups is 1. The summed E-state index contributed by atoms with van der Waals surface area (Å²) in [5, 5.41) is 4.67. The van der Waals surface area contributed by atoms with Gasteiger partial charge in [0.2, 0.25) is 0 Å².